The van der Waals surface area contributed by atoms with Gasteiger partial charge in [-0.25, -0.2) is 4.39 Å². The van der Waals surface area contributed by atoms with Crippen LogP contribution in [0.3, 0.4) is 0 Å². The molecule has 1 aromatic heterocycles. The monoisotopic (exact) mass is 313 g/mol. The molecule has 1 aromatic carbocycles. The van der Waals surface area contributed by atoms with Crippen molar-refractivity contribution in [2.45, 2.75) is 6.42 Å². The van der Waals surface area contributed by atoms with Crippen molar-refractivity contribution in [3.05, 3.63) is 50.4 Å². The van der Waals surface area contributed by atoms with Gasteiger partial charge in [0, 0.05) is 32.4 Å². The molecule has 0 amide bonds. The minimum Gasteiger partial charge on any atom is -0.398 e. The molecule has 2 aromatic rings. The third-order valence-corrected chi connectivity index (χ3v) is 3.97. The van der Waals surface area contributed by atoms with E-state index in [4.69, 9.17) is 5.73 Å². The number of ketones is 1. The molecule has 0 saturated carbocycles. The van der Waals surface area contributed by atoms with Crippen LogP contribution in [0.15, 0.2) is 34.1 Å². The molecule has 2 rings (SSSR count). The van der Waals surface area contributed by atoms with E-state index in [1.807, 2.05) is 11.4 Å². The zero-order valence-electron chi connectivity index (χ0n) is 8.74. The van der Waals surface area contributed by atoms with Crippen molar-refractivity contribution in [3.8, 4) is 0 Å². The van der Waals surface area contributed by atoms with E-state index in [-0.39, 0.29) is 17.8 Å². The van der Waals surface area contributed by atoms with E-state index in [9.17, 15) is 9.18 Å². The lowest BCUT2D eigenvalue weighted by Crippen LogP contribution is -2.06. The number of nitrogen functional groups attached to an aromatic ring is 1. The van der Waals surface area contributed by atoms with Crippen molar-refractivity contribution in [1.82, 2.24) is 0 Å². The van der Waals surface area contributed by atoms with Gasteiger partial charge in [-0.3, -0.25) is 4.79 Å². The summed E-state index contributed by atoms with van der Waals surface area (Å²) in [6, 6.07) is 5.71. The maximum Gasteiger partial charge on any atom is 0.170 e. The minimum atomic E-state index is -0.449. The predicted molar refractivity (Wildman–Crippen MR) is 70.9 cm³/mol. The van der Waals surface area contributed by atoms with Crippen LogP contribution in [-0.2, 0) is 6.42 Å². The fourth-order valence-corrected chi connectivity index (χ4v) is 2.92. The first-order chi connectivity index (χ1) is 8.06. The van der Waals surface area contributed by atoms with Gasteiger partial charge in [0.25, 0.3) is 0 Å². The Balaban J connectivity index is 2.22. The Morgan fingerprint density at radius 3 is 2.82 bits per heavy atom. The van der Waals surface area contributed by atoms with Gasteiger partial charge >= 0.3 is 0 Å². The van der Waals surface area contributed by atoms with E-state index in [0.29, 0.717) is 5.69 Å². The minimum absolute atomic E-state index is 0.170. The molecule has 0 saturated heterocycles. The molecule has 88 valence electrons. The highest BCUT2D eigenvalue weighted by Crippen LogP contribution is 2.22. The first kappa shape index (κ1) is 12.3. The lowest BCUT2D eigenvalue weighted by molar-refractivity contribution is 0.0994. The van der Waals surface area contributed by atoms with Crippen molar-refractivity contribution in [2.75, 3.05) is 5.73 Å². The SMILES string of the molecule is Nc1ccc(F)cc1C(=O)Cc1cc(Br)cs1. The van der Waals surface area contributed by atoms with Crippen LogP contribution in [0.1, 0.15) is 15.2 Å². The highest BCUT2D eigenvalue weighted by molar-refractivity contribution is 9.10. The smallest absolute Gasteiger partial charge is 0.170 e. The number of carbonyl (C=O) groups excluding carboxylic acids is 1. The average Bonchev–Trinajstić information content (AvgIpc) is 2.67. The summed E-state index contributed by atoms with van der Waals surface area (Å²) in [5.74, 6) is -0.619. The van der Waals surface area contributed by atoms with Gasteiger partial charge in [-0.05, 0) is 40.2 Å². The molecular weight excluding hydrogens is 305 g/mol. The molecule has 0 aliphatic rings. The molecule has 0 atom stereocenters. The van der Waals surface area contributed by atoms with Gasteiger partial charge in [0.1, 0.15) is 5.82 Å². The van der Waals surface area contributed by atoms with E-state index in [2.05, 4.69) is 15.9 Å². The Morgan fingerprint density at radius 2 is 2.18 bits per heavy atom. The number of benzene rings is 1. The lowest BCUT2D eigenvalue weighted by Gasteiger charge is -2.03. The summed E-state index contributed by atoms with van der Waals surface area (Å²) < 4.78 is 14.0. The van der Waals surface area contributed by atoms with Gasteiger partial charge in [-0.2, -0.15) is 0 Å². The second-order valence-electron chi connectivity index (χ2n) is 3.56. The molecule has 0 aliphatic carbocycles. The topological polar surface area (TPSA) is 43.1 Å². The molecule has 1 heterocycles. The number of carbonyl (C=O) groups is 1. The van der Waals surface area contributed by atoms with Gasteiger partial charge in [0.2, 0.25) is 0 Å². The maximum atomic E-state index is 13.0. The zero-order chi connectivity index (χ0) is 12.4. The van der Waals surface area contributed by atoms with Crippen LogP contribution < -0.4 is 5.73 Å². The van der Waals surface area contributed by atoms with Crippen molar-refractivity contribution in [1.29, 1.82) is 0 Å². The fourth-order valence-electron chi connectivity index (χ4n) is 1.47. The van der Waals surface area contributed by atoms with Crippen LogP contribution in [0.2, 0.25) is 0 Å². The van der Waals surface area contributed by atoms with Gasteiger partial charge in [-0.15, -0.1) is 11.3 Å². The Hall–Kier alpha value is -1.20. The largest absolute Gasteiger partial charge is 0.398 e. The second-order valence-corrected chi connectivity index (χ2v) is 5.47. The first-order valence-corrected chi connectivity index (χ1v) is 6.54. The normalized spacial score (nSPS) is 10.5. The maximum absolute atomic E-state index is 13.0. The van der Waals surface area contributed by atoms with Crippen LogP contribution in [-0.4, -0.2) is 5.78 Å². The van der Waals surface area contributed by atoms with E-state index in [0.717, 1.165) is 9.35 Å². The summed E-state index contributed by atoms with van der Waals surface area (Å²) >= 11 is 4.80. The van der Waals surface area contributed by atoms with Crippen LogP contribution in [0.25, 0.3) is 0 Å². The van der Waals surface area contributed by atoms with Gasteiger partial charge < -0.3 is 5.73 Å². The lowest BCUT2D eigenvalue weighted by atomic mass is 10.1. The molecule has 5 heteroatoms. The third-order valence-electron chi connectivity index (χ3n) is 2.27. The van der Waals surface area contributed by atoms with Crippen molar-refractivity contribution < 1.29 is 9.18 Å². The van der Waals surface area contributed by atoms with Crippen molar-refractivity contribution in [2.24, 2.45) is 0 Å². The summed E-state index contributed by atoms with van der Waals surface area (Å²) in [5, 5.41) is 1.90. The summed E-state index contributed by atoms with van der Waals surface area (Å²) in [5.41, 5.74) is 6.21. The molecule has 0 bridgehead atoms. The van der Waals surface area contributed by atoms with E-state index >= 15 is 0 Å². The highest BCUT2D eigenvalue weighted by atomic mass is 79.9. The van der Waals surface area contributed by atoms with Crippen molar-refractivity contribution >= 4 is 38.7 Å². The summed E-state index contributed by atoms with van der Waals surface area (Å²) in [4.78, 5) is 12.9. The predicted octanol–water partition coefficient (Wildman–Crippen LogP) is 3.66. The quantitative estimate of drug-likeness (QED) is 0.694. The summed E-state index contributed by atoms with van der Waals surface area (Å²) in [6.45, 7) is 0. The molecule has 0 radical (unpaired) electrons. The molecule has 0 fully saturated rings. The number of anilines is 1. The number of hydrogen-bond acceptors (Lipinski definition) is 3. The number of Topliss-reactive ketones (excluding diaryl/α,β-unsaturated/α-hetero) is 1. The van der Waals surface area contributed by atoms with E-state index in [1.165, 1.54) is 29.5 Å². The Morgan fingerprint density at radius 1 is 1.41 bits per heavy atom. The van der Waals surface area contributed by atoms with Crippen LogP contribution in [0, 0.1) is 5.82 Å². The Bertz CT molecular complexity index is 567. The molecule has 0 aliphatic heterocycles. The number of nitrogens with two attached hydrogens (primary N) is 1. The molecule has 0 unspecified atom stereocenters. The molecule has 17 heavy (non-hydrogen) atoms. The number of hydrogen-bond donors (Lipinski definition) is 1. The van der Waals surface area contributed by atoms with Crippen LogP contribution in [0.5, 0.6) is 0 Å². The number of rotatable bonds is 3. The van der Waals surface area contributed by atoms with E-state index < -0.39 is 5.82 Å². The molecule has 2 N–H and O–H groups in total. The fraction of sp³-hybridized carbons (Fsp3) is 0.0833. The summed E-state index contributed by atoms with van der Waals surface area (Å²) in [7, 11) is 0. The molecular formula is C12H9BrFNOS. The third kappa shape index (κ3) is 2.92. The summed E-state index contributed by atoms with van der Waals surface area (Å²) in [6.07, 6.45) is 0.240. The molecule has 0 spiro atoms. The van der Waals surface area contributed by atoms with Gasteiger partial charge in [0.15, 0.2) is 5.78 Å². The van der Waals surface area contributed by atoms with Crippen LogP contribution in [0.4, 0.5) is 10.1 Å². The zero-order valence-corrected chi connectivity index (χ0v) is 11.1. The average molecular weight is 314 g/mol. The Kier molecular flexibility index (Phi) is 3.59. The van der Waals surface area contributed by atoms with Gasteiger partial charge in [-0.1, -0.05) is 0 Å². The first-order valence-electron chi connectivity index (χ1n) is 4.87. The van der Waals surface area contributed by atoms with Crippen LogP contribution >= 0.6 is 27.3 Å². The van der Waals surface area contributed by atoms with E-state index in [1.54, 1.807) is 0 Å². The second kappa shape index (κ2) is 4.98. The Labute approximate surface area is 110 Å². The van der Waals surface area contributed by atoms with Crippen molar-refractivity contribution in [3.63, 3.8) is 0 Å². The van der Waals surface area contributed by atoms with Gasteiger partial charge in [0.05, 0.1) is 0 Å². The number of halogens is 2. The highest BCUT2D eigenvalue weighted by Gasteiger charge is 2.12. The molecule has 2 nitrogen and oxygen atoms in total. The number of thiophene rings is 1. The standard InChI is InChI=1S/C12H9BrFNOS/c13-7-3-9(17-6-7)5-12(16)10-4-8(14)1-2-11(10)15/h1-4,6H,5,15H2.